The van der Waals surface area contributed by atoms with E-state index in [4.69, 9.17) is 0 Å². The quantitative estimate of drug-likeness (QED) is 0.264. The predicted molar refractivity (Wildman–Crippen MR) is 149 cm³/mol. The van der Waals surface area contributed by atoms with Gasteiger partial charge >= 0.3 is 0 Å². The predicted octanol–water partition coefficient (Wildman–Crippen LogP) is 8.07. The zero-order valence-electron chi connectivity index (χ0n) is 19.8. The molecule has 174 valence electrons. The van der Waals surface area contributed by atoms with E-state index in [2.05, 4.69) is 71.3 Å². The van der Waals surface area contributed by atoms with Crippen molar-refractivity contribution in [1.29, 1.82) is 0 Å². The van der Waals surface area contributed by atoms with Crippen molar-refractivity contribution in [3.8, 4) is 0 Å². The molecule has 3 atom stereocenters. The highest BCUT2D eigenvalue weighted by Crippen LogP contribution is 2.51. The highest BCUT2D eigenvalue weighted by Gasteiger charge is 2.38. The normalized spacial score (nSPS) is 20.1. The molecule has 3 heteroatoms. The van der Waals surface area contributed by atoms with Crippen LogP contribution in [0.1, 0.15) is 39.9 Å². The summed E-state index contributed by atoms with van der Waals surface area (Å²) in [6, 6.07) is 35.5. The van der Waals surface area contributed by atoms with E-state index in [1.165, 1.54) is 27.6 Å². The second-order valence-electron chi connectivity index (χ2n) is 9.83. The summed E-state index contributed by atoms with van der Waals surface area (Å²) in [4.78, 5) is 13.2. The van der Waals surface area contributed by atoms with Crippen molar-refractivity contribution in [2.45, 2.75) is 18.4 Å². The molecule has 0 aromatic heterocycles. The Morgan fingerprint density at radius 3 is 2.42 bits per heavy atom. The van der Waals surface area contributed by atoms with Gasteiger partial charge in [-0.3, -0.25) is 4.79 Å². The number of fused-ring (bicyclic) bond motifs is 6. The maximum absolute atomic E-state index is 13.2. The van der Waals surface area contributed by atoms with Crippen LogP contribution in [0.4, 0.5) is 11.4 Å². The molecule has 0 radical (unpaired) electrons. The molecule has 1 aliphatic carbocycles. The summed E-state index contributed by atoms with van der Waals surface area (Å²) in [6.07, 6.45) is 5.75. The molecule has 2 aliphatic rings. The van der Waals surface area contributed by atoms with Crippen LogP contribution in [0.15, 0.2) is 115 Å². The monoisotopic (exact) mass is 466 g/mol. The lowest BCUT2D eigenvalue weighted by Crippen LogP contribution is -2.29. The van der Waals surface area contributed by atoms with Crippen LogP contribution >= 0.6 is 0 Å². The van der Waals surface area contributed by atoms with Gasteiger partial charge in [0.15, 0.2) is 0 Å². The van der Waals surface area contributed by atoms with Gasteiger partial charge in [0.05, 0.1) is 6.04 Å². The Bertz CT molecular complexity index is 1660. The average Bonchev–Trinajstić information content (AvgIpc) is 3.42. The Balaban J connectivity index is 1.22. The number of rotatable bonds is 3. The van der Waals surface area contributed by atoms with Crippen molar-refractivity contribution in [1.82, 2.24) is 0 Å². The maximum Gasteiger partial charge on any atom is 0.256 e. The zero-order valence-corrected chi connectivity index (χ0v) is 19.8. The van der Waals surface area contributed by atoms with Crippen molar-refractivity contribution in [2.24, 2.45) is 5.92 Å². The van der Waals surface area contributed by atoms with Crippen molar-refractivity contribution >= 4 is 38.8 Å². The third-order valence-corrected chi connectivity index (χ3v) is 7.79. The number of allylic oxidation sites excluding steroid dienone is 2. The Hall–Kier alpha value is -4.37. The van der Waals surface area contributed by atoms with Gasteiger partial charge in [-0.15, -0.1) is 0 Å². The van der Waals surface area contributed by atoms with Crippen LogP contribution < -0.4 is 10.6 Å². The summed E-state index contributed by atoms with van der Waals surface area (Å²) in [5, 5.41) is 11.7. The number of hydrogen-bond acceptors (Lipinski definition) is 2. The van der Waals surface area contributed by atoms with Gasteiger partial charge in [0.25, 0.3) is 5.91 Å². The minimum atomic E-state index is -0.0854. The first-order valence-corrected chi connectivity index (χ1v) is 12.6. The van der Waals surface area contributed by atoms with Gasteiger partial charge in [-0.2, -0.15) is 0 Å². The van der Waals surface area contributed by atoms with Crippen molar-refractivity contribution in [2.75, 3.05) is 10.6 Å². The maximum atomic E-state index is 13.2. The van der Waals surface area contributed by atoms with E-state index in [9.17, 15) is 4.79 Å². The standard InChI is InChI=1S/C33H26N2O/c36-33(29-17-6-10-21-8-1-3-13-25(21)29)34-24-12-5-11-23(20-24)32-28-16-7-15-27(28)31-26-14-4-2-9-22(26)18-19-30(31)35-32/h1-15,17-20,27-28,32,35H,16H2,(H,34,36)/t27-,28-,32+/m1/s1. The molecule has 0 unspecified atom stereocenters. The largest absolute Gasteiger partial charge is 0.378 e. The topological polar surface area (TPSA) is 41.1 Å². The van der Waals surface area contributed by atoms with E-state index < -0.39 is 0 Å². The summed E-state index contributed by atoms with van der Waals surface area (Å²) in [5.74, 6) is 0.733. The molecule has 1 amide bonds. The summed E-state index contributed by atoms with van der Waals surface area (Å²) in [5.41, 5.74) is 5.32. The first-order valence-electron chi connectivity index (χ1n) is 12.6. The van der Waals surface area contributed by atoms with Crippen LogP contribution in [-0.4, -0.2) is 5.91 Å². The Morgan fingerprint density at radius 1 is 0.778 bits per heavy atom. The van der Waals surface area contributed by atoms with Gasteiger partial charge in [0.1, 0.15) is 0 Å². The molecular weight excluding hydrogens is 440 g/mol. The Kier molecular flexibility index (Phi) is 4.88. The van der Waals surface area contributed by atoms with E-state index in [1.54, 1.807) is 0 Å². The first kappa shape index (κ1) is 21.0. The summed E-state index contributed by atoms with van der Waals surface area (Å²) in [6.45, 7) is 0. The average molecular weight is 467 g/mol. The third kappa shape index (κ3) is 3.39. The van der Waals surface area contributed by atoms with E-state index in [0.29, 0.717) is 17.4 Å². The molecule has 0 saturated carbocycles. The molecular formula is C33H26N2O. The second kappa shape index (κ2) is 8.39. The van der Waals surface area contributed by atoms with Gasteiger partial charge in [-0.1, -0.05) is 91.0 Å². The molecule has 36 heavy (non-hydrogen) atoms. The van der Waals surface area contributed by atoms with Gasteiger partial charge in [0.2, 0.25) is 0 Å². The molecule has 7 rings (SSSR count). The Labute approximate surface area is 210 Å². The molecule has 5 aromatic carbocycles. The van der Waals surface area contributed by atoms with Gasteiger partial charge in [-0.05, 0) is 69.3 Å². The molecule has 0 bridgehead atoms. The number of carbonyl (C=O) groups is 1. The second-order valence-corrected chi connectivity index (χ2v) is 9.83. The fourth-order valence-electron chi connectivity index (χ4n) is 6.14. The number of carbonyl (C=O) groups excluding carboxylic acids is 1. The summed E-state index contributed by atoms with van der Waals surface area (Å²) >= 11 is 0. The van der Waals surface area contributed by atoms with Crippen molar-refractivity contribution < 1.29 is 4.79 Å². The molecule has 2 N–H and O–H groups in total. The van der Waals surface area contributed by atoms with Crippen LogP contribution in [0.3, 0.4) is 0 Å². The van der Waals surface area contributed by atoms with Gasteiger partial charge in [0, 0.05) is 22.9 Å². The van der Waals surface area contributed by atoms with Crippen molar-refractivity contribution in [3.05, 3.63) is 132 Å². The van der Waals surface area contributed by atoms with E-state index in [0.717, 1.165) is 22.9 Å². The lowest BCUT2D eigenvalue weighted by molar-refractivity contribution is 0.102. The van der Waals surface area contributed by atoms with Crippen LogP contribution in [0.2, 0.25) is 0 Å². The number of nitrogens with one attached hydrogen (secondary N) is 2. The molecule has 3 nitrogen and oxygen atoms in total. The van der Waals surface area contributed by atoms with Gasteiger partial charge in [-0.25, -0.2) is 0 Å². The summed E-state index contributed by atoms with van der Waals surface area (Å²) < 4.78 is 0. The van der Waals surface area contributed by atoms with Crippen LogP contribution in [-0.2, 0) is 0 Å². The molecule has 0 saturated heterocycles. The highest BCUT2D eigenvalue weighted by atomic mass is 16.1. The SMILES string of the molecule is O=C(Nc1cccc([C@@H]2Nc3ccc4ccccc4c3[C@@H]3C=CC[C@H]32)c1)c1cccc2ccccc12. The van der Waals surface area contributed by atoms with Crippen molar-refractivity contribution in [3.63, 3.8) is 0 Å². The first-order chi connectivity index (χ1) is 17.8. The van der Waals surface area contributed by atoms with Crippen LogP contribution in [0.5, 0.6) is 0 Å². The molecule has 5 aromatic rings. The summed E-state index contributed by atoms with van der Waals surface area (Å²) in [7, 11) is 0. The fourth-order valence-corrected chi connectivity index (χ4v) is 6.14. The smallest absolute Gasteiger partial charge is 0.256 e. The zero-order chi connectivity index (χ0) is 24.1. The van der Waals surface area contributed by atoms with E-state index in [-0.39, 0.29) is 11.9 Å². The number of amides is 1. The van der Waals surface area contributed by atoms with E-state index >= 15 is 0 Å². The van der Waals surface area contributed by atoms with Gasteiger partial charge < -0.3 is 10.6 Å². The number of benzene rings is 5. The Morgan fingerprint density at radius 2 is 1.53 bits per heavy atom. The lowest BCUT2D eigenvalue weighted by atomic mass is 9.75. The lowest BCUT2D eigenvalue weighted by Gasteiger charge is -2.38. The van der Waals surface area contributed by atoms with Crippen LogP contribution in [0.25, 0.3) is 21.5 Å². The number of anilines is 2. The molecule has 1 aliphatic heterocycles. The molecule has 1 heterocycles. The third-order valence-electron chi connectivity index (χ3n) is 7.79. The molecule has 0 spiro atoms. The fraction of sp³-hybridized carbons (Fsp3) is 0.121. The highest BCUT2D eigenvalue weighted by molar-refractivity contribution is 6.13. The van der Waals surface area contributed by atoms with Crippen LogP contribution in [0, 0.1) is 5.92 Å². The molecule has 0 fully saturated rings. The number of hydrogen-bond donors (Lipinski definition) is 2. The minimum absolute atomic E-state index is 0.0854. The minimum Gasteiger partial charge on any atom is -0.378 e. The van der Waals surface area contributed by atoms with E-state index in [1.807, 2.05) is 54.6 Å².